The Bertz CT molecular complexity index is 558. The smallest absolute Gasteiger partial charge is 0.0471 e. The molecule has 3 rings (SSSR count). The summed E-state index contributed by atoms with van der Waals surface area (Å²) in [7, 11) is 0. The van der Waals surface area contributed by atoms with Gasteiger partial charge in [0, 0.05) is 31.2 Å². The summed E-state index contributed by atoms with van der Waals surface area (Å²) in [5, 5.41) is 5.88. The van der Waals surface area contributed by atoms with Gasteiger partial charge in [-0.1, -0.05) is 37.3 Å². The number of hydrogen-bond acceptors (Lipinski definition) is 3. The molecular formula is C18H23NOS. The largest absolute Gasteiger partial charge is 0.381 e. The van der Waals surface area contributed by atoms with Crippen molar-refractivity contribution in [3.8, 4) is 11.1 Å². The molecule has 0 atom stereocenters. The van der Waals surface area contributed by atoms with Crippen molar-refractivity contribution in [3.63, 3.8) is 0 Å². The maximum absolute atomic E-state index is 5.46. The van der Waals surface area contributed by atoms with Gasteiger partial charge in [-0.25, -0.2) is 0 Å². The number of rotatable bonds is 5. The number of thiophene rings is 1. The molecule has 1 fully saturated rings. The zero-order valence-electron chi connectivity index (χ0n) is 12.6. The van der Waals surface area contributed by atoms with E-state index < -0.39 is 0 Å². The van der Waals surface area contributed by atoms with Crippen molar-refractivity contribution in [2.75, 3.05) is 19.8 Å². The Hall–Kier alpha value is -1.16. The van der Waals surface area contributed by atoms with Gasteiger partial charge in [-0.15, -0.1) is 11.3 Å². The van der Waals surface area contributed by atoms with E-state index in [9.17, 15) is 0 Å². The molecule has 112 valence electrons. The highest BCUT2D eigenvalue weighted by molar-refractivity contribution is 7.10. The lowest BCUT2D eigenvalue weighted by Crippen LogP contribution is -2.36. The average Bonchev–Trinajstić information content (AvgIpc) is 2.98. The van der Waals surface area contributed by atoms with E-state index in [0.717, 1.165) is 26.3 Å². The summed E-state index contributed by atoms with van der Waals surface area (Å²) >= 11 is 1.84. The van der Waals surface area contributed by atoms with Gasteiger partial charge in [0.2, 0.25) is 0 Å². The van der Waals surface area contributed by atoms with Gasteiger partial charge in [0.1, 0.15) is 0 Å². The van der Waals surface area contributed by atoms with Crippen molar-refractivity contribution in [2.24, 2.45) is 5.41 Å². The molecule has 0 bridgehead atoms. The van der Waals surface area contributed by atoms with Crippen molar-refractivity contribution >= 4 is 11.3 Å². The molecule has 1 aromatic heterocycles. The van der Waals surface area contributed by atoms with E-state index in [1.54, 1.807) is 0 Å². The van der Waals surface area contributed by atoms with E-state index in [1.807, 2.05) is 11.3 Å². The highest BCUT2D eigenvalue weighted by Crippen LogP contribution is 2.29. The van der Waals surface area contributed by atoms with Gasteiger partial charge < -0.3 is 10.1 Å². The van der Waals surface area contributed by atoms with E-state index >= 15 is 0 Å². The van der Waals surface area contributed by atoms with Crippen LogP contribution < -0.4 is 5.32 Å². The lowest BCUT2D eigenvalue weighted by Gasteiger charge is -2.33. The summed E-state index contributed by atoms with van der Waals surface area (Å²) in [4.78, 5) is 1.41. The zero-order valence-corrected chi connectivity index (χ0v) is 13.4. The Morgan fingerprint density at radius 1 is 1.14 bits per heavy atom. The standard InChI is InChI=1S/C18H23NOS/c1-18(7-9-20-10-8-18)14-19-12-17-11-16(13-21-17)15-5-3-2-4-6-15/h2-6,11,13,19H,7-10,12,14H2,1H3. The highest BCUT2D eigenvalue weighted by Gasteiger charge is 2.26. The zero-order chi connectivity index (χ0) is 14.5. The third-order valence-electron chi connectivity index (χ3n) is 4.31. The number of ether oxygens (including phenoxy) is 1. The van der Waals surface area contributed by atoms with Crippen molar-refractivity contribution in [3.05, 3.63) is 46.7 Å². The maximum Gasteiger partial charge on any atom is 0.0471 e. The maximum atomic E-state index is 5.46. The lowest BCUT2D eigenvalue weighted by atomic mass is 9.82. The second kappa shape index (κ2) is 6.73. The number of benzene rings is 1. The molecular weight excluding hydrogens is 278 g/mol. The minimum atomic E-state index is 0.401. The quantitative estimate of drug-likeness (QED) is 0.888. The minimum Gasteiger partial charge on any atom is -0.381 e. The molecule has 0 spiro atoms. The second-order valence-corrected chi connectivity index (χ2v) is 7.19. The van der Waals surface area contributed by atoms with Gasteiger partial charge in [0.15, 0.2) is 0 Å². The molecule has 1 aromatic carbocycles. The molecule has 2 heterocycles. The summed E-state index contributed by atoms with van der Waals surface area (Å²) in [6.07, 6.45) is 2.33. The van der Waals surface area contributed by atoms with Gasteiger partial charge in [-0.05, 0) is 40.8 Å². The van der Waals surface area contributed by atoms with Crippen molar-refractivity contribution < 1.29 is 4.74 Å². The van der Waals surface area contributed by atoms with E-state index in [0.29, 0.717) is 5.41 Å². The summed E-state index contributed by atoms with van der Waals surface area (Å²) in [6, 6.07) is 12.9. The Balaban J connectivity index is 1.53. The van der Waals surface area contributed by atoms with Gasteiger partial charge in [0.25, 0.3) is 0 Å². The second-order valence-electron chi connectivity index (χ2n) is 6.19. The minimum absolute atomic E-state index is 0.401. The molecule has 0 aliphatic carbocycles. The molecule has 0 radical (unpaired) electrons. The summed E-state index contributed by atoms with van der Waals surface area (Å²) in [5.74, 6) is 0. The van der Waals surface area contributed by atoms with Crippen molar-refractivity contribution in [2.45, 2.75) is 26.3 Å². The molecule has 0 unspecified atom stereocenters. The Morgan fingerprint density at radius 3 is 2.67 bits per heavy atom. The number of nitrogens with one attached hydrogen (secondary N) is 1. The highest BCUT2D eigenvalue weighted by atomic mass is 32.1. The molecule has 1 saturated heterocycles. The Labute approximate surface area is 131 Å². The van der Waals surface area contributed by atoms with Crippen LogP contribution in [0.3, 0.4) is 0 Å². The van der Waals surface area contributed by atoms with E-state index in [2.05, 4.69) is 54.0 Å². The fraction of sp³-hybridized carbons (Fsp3) is 0.444. The summed E-state index contributed by atoms with van der Waals surface area (Å²) < 4.78 is 5.46. The van der Waals surface area contributed by atoms with E-state index in [-0.39, 0.29) is 0 Å². The van der Waals surface area contributed by atoms with Crippen LogP contribution in [-0.2, 0) is 11.3 Å². The van der Waals surface area contributed by atoms with Crippen LogP contribution in [0.25, 0.3) is 11.1 Å². The molecule has 1 N–H and O–H groups in total. The molecule has 2 aromatic rings. The van der Waals surface area contributed by atoms with Gasteiger partial charge in [0.05, 0.1) is 0 Å². The molecule has 21 heavy (non-hydrogen) atoms. The molecule has 1 aliphatic rings. The van der Waals surface area contributed by atoms with Crippen molar-refractivity contribution in [1.29, 1.82) is 0 Å². The third kappa shape index (κ3) is 3.94. The predicted molar refractivity (Wildman–Crippen MR) is 89.6 cm³/mol. The van der Waals surface area contributed by atoms with E-state index in [1.165, 1.54) is 28.8 Å². The van der Waals surface area contributed by atoms with Crippen LogP contribution in [0.1, 0.15) is 24.6 Å². The number of hydrogen-bond donors (Lipinski definition) is 1. The van der Waals surface area contributed by atoms with Crippen LogP contribution >= 0.6 is 11.3 Å². The third-order valence-corrected chi connectivity index (χ3v) is 5.25. The summed E-state index contributed by atoms with van der Waals surface area (Å²) in [6.45, 7) is 6.24. The topological polar surface area (TPSA) is 21.3 Å². The first-order chi connectivity index (χ1) is 10.3. The Morgan fingerprint density at radius 2 is 1.90 bits per heavy atom. The molecule has 0 saturated carbocycles. The van der Waals surface area contributed by atoms with Gasteiger partial charge in [-0.3, -0.25) is 0 Å². The fourth-order valence-electron chi connectivity index (χ4n) is 2.78. The lowest BCUT2D eigenvalue weighted by molar-refractivity contribution is 0.0240. The van der Waals surface area contributed by atoms with Crippen LogP contribution in [0, 0.1) is 5.41 Å². The monoisotopic (exact) mass is 301 g/mol. The molecule has 3 heteroatoms. The molecule has 2 nitrogen and oxygen atoms in total. The average molecular weight is 301 g/mol. The van der Waals surface area contributed by atoms with Crippen LogP contribution in [-0.4, -0.2) is 19.8 Å². The normalized spacial score (nSPS) is 17.8. The van der Waals surface area contributed by atoms with Gasteiger partial charge in [-0.2, -0.15) is 0 Å². The van der Waals surface area contributed by atoms with Crippen molar-refractivity contribution in [1.82, 2.24) is 5.32 Å². The van der Waals surface area contributed by atoms with Gasteiger partial charge >= 0.3 is 0 Å². The summed E-state index contributed by atoms with van der Waals surface area (Å²) in [5.41, 5.74) is 3.03. The predicted octanol–water partition coefficient (Wildman–Crippen LogP) is 4.32. The van der Waals surface area contributed by atoms with Crippen LogP contribution in [0.4, 0.5) is 0 Å². The van der Waals surface area contributed by atoms with Crippen LogP contribution in [0.2, 0.25) is 0 Å². The molecule has 1 aliphatic heterocycles. The molecule has 0 amide bonds. The SMILES string of the molecule is CC1(CNCc2cc(-c3ccccc3)cs2)CCOCC1. The first kappa shape index (κ1) is 14.8. The Kier molecular flexibility index (Phi) is 4.73. The van der Waals surface area contributed by atoms with Crippen LogP contribution in [0.15, 0.2) is 41.8 Å². The van der Waals surface area contributed by atoms with Crippen LogP contribution in [0.5, 0.6) is 0 Å². The first-order valence-corrected chi connectivity index (χ1v) is 8.54. The fourth-order valence-corrected chi connectivity index (χ4v) is 3.65. The first-order valence-electron chi connectivity index (χ1n) is 7.67. The van der Waals surface area contributed by atoms with E-state index in [4.69, 9.17) is 4.74 Å².